The minimum Gasteiger partial charge on any atom is -0.325 e. The number of thioether (sulfide) groups is 1. The highest BCUT2D eigenvalue weighted by atomic mass is 32.2. The molecule has 0 unspecified atom stereocenters. The number of benzene rings is 3. The SMILES string of the molecule is O=C(CSc1nnc(NC(=O)c2ccc(-c3ccccc3)cc2)s1)Nc1ccc(C(F)(F)F)cc1. The Morgan fingerprint density at radius 3 is 2.14 bits per heavy atom. The minimum absolute atomic E-state index is 0.0233. The van der Waals surface area contributed by atoms with Gasteiger partial charge in [0.15, 0.2) is 4.34 Å². The zero-order valence-corrected chi connectivity index (χ0v) is 19.5. The maximum absolute atomic E-state index is 12.6. The molecule has 4 aromatic rings. The van der Waals surface area contributed by atoms with Crippen molar-refractivity contribution in [1.82, 2.24) is 10.2 Å². The summed E-state index contributed by atoms with van der Waals surface area (Å²) in [6.45, 7) is 0. The van der Waals surface area contributed by atoms with Crippen LogP contribution in [0.2, 0.25) is 0 Å². The van der Waals surface area contributed by atoms with Crippen LogP contribution in [0, 0.1) is 0 Å². The van der Waals surface area contributed by atoms with Gasteiger partial charge in [-0.1, -0.05) is 65.6 Å². The summed E-state index contributed by atoms with van der Waals surface area (Å²) in [5.74, 6) is -0.767. The summed E-state index contributed by atoms with van der Waals surface area (Å²) >= 11 is 2.21. The van der Waals surface area contributed by atoms with Gasteiger partial charge < -0.3 is 5.32 Å². The van der Waals surface area contributed by atoms with Gasteiger partial charge in [0.05, 0.1) is 11.3 Å². The maximum atomic E-state index is 12.6. The molecule has 0 bridgehead atoms. The van der Waals surface area contributed by atoms with Gasteiger partial charge >= 0.3 is 6.18 Å². The van der Waals surface area contributed by atoms with Crippen LogP contribution in [0.25, 0.3) is 11.1 Å². The fourth-order valence-corrected chi connectivity index (χ4v) is 4.55. The second-order valence-electron chi connectivity index (χ2n) is 7.18. The van der Waals surface area contributed by atoms with Gasteiger partial charge in [0.25, 0.3) is 5.91 Å². The summed E-state index contributed by atoms with van der Waals surface area (Å²) in [5, 5.41) is 13.4. The fourth-order valence-electron chi connectivity index (χ4n) is 3.00. The molecule has 1 aromatic heterocycles. The predicted molar refractivity (Wildman–Crippen MR) is 131 cm³/mol. The lowest BCUT2D eigenvalue weighted by molar-refractivity contribution is -0.137. The van der Waals surface area contributed by atoms with Crippen molar-refractivity contribution in [2.24, 2.45) is 0 Å². The van der Waals surface area contributed by atoms with Crippen LogP contribution in [0.5, 0.6) is 0 Å². The summed E-state index contributed by atoms with van der Waals surface area (Å²) in [6.07, 6.45) is -4.44. The molecule has 0 radical (unpaired) electrons. The molecule has 11 heteroatoms. The molecule has 0 spiro atoms. The average Bonchev–Trinajstić information content (AvgIpc) is 3.30. The van der Waals surface area contributed by atoms with E-state index in [9.17, 15) is 22.8 Å². The quantitative estimate of drug-likeness (QED) is 0.226. The molecule has 4 rings (SSSR count). The van der Waals surface area contributed by atoms with E-state index in [1.54, 1.807) is 12.1 Å². The lowest BCUT2D eigenvalue weighted by atomic mass is 10.0. The van der Waals surface area contributed by atoms with Gasteiger partial charge in [0.1, 0.15) is 0 Å². The van der Waals surface area contributed by atoms with Gasteiger partial charge in [-0.25, -0.2) is 0 Å². The van der Waals surface area contributed by atoms with E-state index >= 15 is 0 Å². The summed E-state index contributed by atoms with van der Waals surface area (Å²) < 4.78 is 38.3. The highest BCUT2D eigenvalue weighted by Gasteiger charge is 2.30. The number of anilines is 2. The Kier molecular flexibility index (Phi) is 7.47. The second-order valence-corrected chi connectivity index (χ2v) is 9.38. The zero-order chi connectivity index (χ0) is 24.8. The molecule has 0 saturated carbocycles. The summed E-state index contributed by atoms with van der Waals surface area (Å²) in [5.41, 5.74) is 1.97. The number of carbonyl (C=O) groups excluding carboxylic acids is 2. The van der Waals surface area contributed by atoms with Crippen molar-refractivity contribution in [1.29, 1.82) is 0 Å². The Hall–Kier alpha value is -3.70. The molecule has 0 aliphatic rings. The molecule has 2 amide bonds. The van der Waals surface area contributed by atoms with E-state index in [2.05, 4.69) is 20.8 Å². The first kappa shape index (κ1) is 24.4. The number of carbonyl (C=O) groups is 2. The number of rotatable bonds is 7. The number of nitrogens with zero attached hydrogens (tertiary/aromatic N) is 2. The van der Waals surface area contributed by atoms with E-state index in [1.165, 1.54) is 12.1 Å². The number of hydrogen-bond acceptors (Lipinski definition) is 6. The van der Waals surface area contributed by atoms with Crippen LogP contribution in [-0.4, -0.2) is 27.8 Å². The normalized spacial score (nSPS) is 11.2. The first-order valence-corrected chi connectivity index (χ1v) is 12.0. The van der Waals surface area contributed by atoms with Crippen molar-refractivity contribution in [3.63, 3.8) is 0 Å². The van der Waals surface area contributed by atoms with Crippen LogP contribution < -0.4 is 10.6 Å². The first-order chi connectivity index (χ1) is 16.8. The van der Waals surface area contributed by atoms with Crippen LogP contribution in [0.4, 0.5) is 24.0 Å². The van der Waals surface area contributed by atoms with E-state index in [1.807, 2.05) is 42.5 Å². The number of aromatic nitrogens is 2. The van der Waals surface area contributed by atoms with Crippen LogP contribution in [0.15, 0.2) is 83.2 Å². The number of hydrogen-bond donors (Lipinski definition) is 2. The third-order valence-electron chi connectivity index (χ3n) is 4.70. The third kappa shape index (κ3) is 6.67. The number of amides is 2. The molecule has 0 saturated heterocycles. The van der Waals surface area contributed by atoms with Crippen molar-refractivity contribution in [3.8, 4) is 11.1 Å². The van der Waals surface area contributed by atoms with Crippen LogP contribution in [-0.2, 0) is 11.0 Å². The summed E-state index contributed by atoms with van der Waals surface area (Å²) in [4.78, 5) is 24.6. The van der Waals surface area contributed by atoms with E-state index in [0.29, 0.717) is 9.90 Å². The molecule has 178 valence electrons. The standard InChI is InChI=1S/C24H17F3N4O2S2/c25-24(26,27)18-10-12-19(13-11-18)28-20(32)14-34-23-31-30-22(35-23)29-21(33)17-8-6-16(7-9-17)15-4-2-1-3-5-15/h1-13H,14H2,(H,28,32)(H,29,30,33). The van der Waals surface area contributed by atoms with Gasteiger partial charge in [0, 0.05) is 11.3 Å². The van der Waals surface area contributed by atoms with Gasteiger partial charge in [0.2, 0.25) is 11.0 Å². The van der Waals surface area contributed by atoms with Gasteiger partial charge in [-0.3, -0.25) is 14.9 Å². The monoisotopic (exact) mass is 514 g/mol. The van der Waals surface area contributed by atoms with E-state index in [0.717, 1.165) is 46.4 Å². The molecule has 1 heterocycles. The highest BCUT2D eigenvalue weighted by molar-refractivity contribution is 8.01. The first-order valence-electron chi connectivity index (χ1n) is 10.2. The largest absolute Gasteiger partial charge is 0.416 e. The van der Waals surface area contributed by atoms with E-state index in [4.69, 9.17) is 0 Å². The fraction of sp³-hybridized carbons (Fsp3) is 0.0833. The van der Waals surface area contributed by atoms with E-state index < -0.39 is 17.6 Å². The number of alkyl halides is 3. The van der Waals surface area contributed by atoms with Crippen LogP contribution >= 0.6 is 23.1 Å². The Morgan fingerprint density at radius 2 is 1.49 bits per heavy atom. The molecular formula is C24H17F3N4O2S2. The van der Waals surface area contributed by atoms with Crippen LogP contribution in [0.3, 0.4) is 0 Å². The number of halogens is 3. The van der Waals surface area contributed by atoms with Gasteiger partial charge in [-0.2, -0.15) is 13.2 Å². The van der Waals surface area contributed by atoms with Crippen molar-refractivity contribution in [3.05, 3.63) is 90.0 Å². The van der Waals surface area contributed by atoms with Crippen molar-refractivity contribution in [2.75, 3.05) is 16.4 Å². The lowest BCUT2D eigenvalue weighted by Crippen LogP contribution is -2.14. The smallest absolute Gasteiger partial charge is 0.325 e. The van der Waals surface area contributed by atoms with Gasteiger partial charge in [-0.05, 0) is 47.5 Å². The minimum atomic E-state index is -4.44. The molecule has 3 aromatic carbocycles. The zero-order valence-electron chi connectivity index (χ0n) is 17.9. The molecule has 0 atom stereocenters. The summed E-state index contributed by atoms with van der Waals surface area (Å²) in [6, 6.07) is 21.1. The van der Waals surface area contributed by atoms with Crippen molar-refractivity contribution < 1.29 is 22.8 Å². The van der Waals surface area contributed by atoms with Gasteiger partial charge in [-0.15, -0.1) is 10.2 Å². The van der Waals surface area contributed by atoms with Crippen molar-refractivity contribution in [2.45, 2.75) is 10.5 Å². The highest BCUT2D eigenvalue weighted by Crippen LogP contribution is 2.30. The van der Waals surface area contributed by atoms with Crippen LogP contribution in [0.1, 0.15) is 15.9 Å². The molecule has 0 fully saturated rings. The lowest BCUT2D eigenvalue weighted by Gasteiger charge is -2.08. The number of nitrogens with one attached hydrogen (secondary N) is 2. The Balaban J connectivity index is 1.27. The molecule has 0 aliphatic heterocycles. The Labute approximate surface area is 206 Å². The molecule has 6 nitrogen and oxygen atoms in total. The Morgan fingerprint density at radius 1 is 0.829 bits per heavy atom. The van der Waals surface area contributed by atoms with E-state index in [-0.39, 0.29) is 22.5 Å². The molecule has 0 aliphatic carbocycles. The Bertz CT molecular complexity index is 1310. The molecule has 35 heavy (non-hydrogen) atoms. The summed E-state index contributed by atoms with van der Waals surface area (Å²) in [7, 11) is 0. The van der Waals surface area contributed by atoms with Crippen molar-refractivity contribution >= 4 is 45.7 Å². The predicted octanol–water partition coefficient (Wildman–Crippen LogP) is 6.21. The topological polar surface area (TPSA) is 84.0 Å². The molecule has 2 N–H and O–H groups in total. The molecular weight excluding hydrogens is 497 g/mol. The average molecular weight is 515 g/mol. The maximum Gasteiger partial charge on any atom is 0.416 e. The third-order valence-corrected chi connectivity index (χ3v) is 6.68. The second kappa shape index (κ2) is 10.7.